The number of nitrogens with one attached hydrogen (secondary N) is 1. The van der Waals surface area contributed by atoms with Crippen molar-refractivity contribution in [3.63, 3.8) is 0 Å². The van der Waals surface area contributed by atoms with Gasteiger partial charge in [-0.3, -0.25) is 14.5 Å². The summed E-state index contributed by atoms with van der Waals surface area (Å²) < 4.78 is 78.1. The Kier molecular flexibility index (Phi) is 5.95. The number of halogens is 6. The number of amides is 2. The molecule has 1 N–H and O–H groups in total. The molecule has 1 aromatic heterocycles. The molecule has 14 heteroatoms. The number of hydrogen-bond acceptors (Lipinski definition) is 5. The van der Waals surface area contributed by atoms with E-state index in [0.29, 0.717) is 32.2 Å². The summed E-state index contributed by atoms with van der Waals surface area (Å²) in [6.07, 6.45) is -4.30. The largest absolute Gasteiger partial charge is 0.459 e. The summed E-state index contributed by atoms with van der Waals surface area (Å²) in [5.41, 5.74) is -0.575. The van der Waals surface area contributed by atoms with E-state index in [1.54, 1.807) is 12.1 Å². The van der Waals surface area contributed by atoms with Crippen molar-refractivity contribution in [2.75, 3.05) is 31.1 Å². The molecule has 3 heterocycles. The molecule has 0 saturated carbocycles. The van der Waals surface area contributed by atoms with E-state index in [2.05, 4.69) is 20.3 Å². The van der Waals surface area contributed by atoms with Crippen LogP contribution >= 0.6 is 0 Å². The first-order valence-electron chi connectivity index (χ1n) is 9.88. The minimum atomic E-state index is -5.77. The van der Waals surface area contributed by atoms with Crippen LogP contribution < -0.4 is 10.2 Å². The van der Waals surface area contributed by atoms with Crippen LogP contribution in [0.4, 0.5) is 36.8 Å². The van der Waals surface area contributed by atoms with Crippen LogP contribution in [0.25, 0.3) is 0 Å². The molecule has 33 heavy (non-hydrogen) atoms. The molecule has 1 atom stereocenters. The van der Waals surface area contributed by atoms with E-state index in [1.807, 2.05) is 4.90 Å². The van der Waals surface area contributed by atoms with Crippen molar-refractivity contribution in [3.05, 3.63) is 48.0 Å². The Bertz CT molecular complexity index is 1010. The minimum absolute atomic E-state index is 0.318. The molecule has 0 radical (unpaired) electrons. The van der Waals surface area contributed by atoms with Crippen molar-refractivity contribution >= 4 is 18.1 Å². The van der Waals surface area contributed by atoms with Crippen molar-refractivity contribution < 1.29 is 31.1 Å². The van der Waals surface area contributed by atoms with Crippen LogP contribution in [0.3, 0.4) is 0 Å². The van der Waals surface area contributed by atoms with E-state index in [-0.39, 0.29) is 5.82 Å². The Morgan fingerprint density at radius 2 is 1.67 bits per heavy atom. The SMILES string of the molecule is O=C1NC(N2CCN(c3ccc(F)cc3)CC2)N=CN1Cn1ccc(C(F)(F)C(F)(F)F)n1. The van der Waals surface area contributed by atoms with Crippen LogP contribution in [-0.4, -0.2) is 70.6 Å². The molecule has 2 amide bonds. The quantitative estimate of drug-likeness (QED) is 0.676. The van der Waals surface area contributed by atoms with Gasteiger partial charge in [-0.2, -0.15) is 27.1 Å². The second-order valence-corrected chi connectivity index (χ2v) is 7.51. The average Bonchev–Trinajstić information content (AvgIpc) is 3.24. The van der Waals surface area contributed by atoms with Gasteiger partial charge in [0.25, 0.3) is 0 Å². The number of carbonyl (C=O) groups excluding carboxylic acids is 1. The Morgan fingerprint density at radius 1 is 1.00 bits per heavy atom. The number of anilines is 1. The Morgan fingerprint density at radius 3 is 2.27 bits per heavy atom. The molecular formula is C19H19F6N7O. The third kappa shape index (κ3) is 4.74. The monoisotopic (exact) mass is 475 g/mol. The van der Waals surface area contributed by atoms with Crippen LogP contribution in [0.5, 0.6) is 0 Å². The Hall–Kier alpha value is -3.29. The summed E-state index contributed by atoms with van der Waals surface area (Å²) in [6, 6.07) is 6.10. The van der Waals surface area contributed by atoms with Gasteiger partial charge in [-0.1, -0.05) is 0 Å². The smallest absolute Gasteiger partial charge is 0.369 e. The normalized spacial score (nSPS) is 20.3. The summed E-state index contributed by atoms with van der Waals surface area (Å²) in [6.45, 7) is 1.99. The predicted molar refractivity (Wildman–Crippen MR) is 105 cm³/mol. The van der Waals surface area contributed by atoms with E-state index < -0.39 is 36.8 Å². The van der Waals surface area contributed by atoms with Crippen LogP contribution in [-0.2, 0) is 12.6 Å². The Labute approximate surface area is 184 Å². The van der Waals surface area contributed by atoms with Crippen molar-refractivity contribution in [3.8, 4) is 0 Å². The lowest BCUT2D eigenvalue weighted by Crippen LogP contribution is -2.59. The van der Waals surface area contributed by atoms with Gasteiger partial charge in [0, 0.05) is 38.1 Å². The minimum Gasteiger partial charge on any atom is -0.369 e. The molecule has 1 unspecified atom stereocenters. The highest BCUT2D eigenvalue weighted by molar-refractivity contribution is 5.87. The number of urea groups is 1. The standard InChI is InChI=1S/C19H19F6N7O/c20-13-1-3-14(4-2-13)29-7-9-30(10-8-29)16-26-11-31(17(33)27-16)12-32-6-5-15(28-32)18(21,22)19(23,24)25/h1-6,11,16H,7-10,12H2,(H,27,33). The maximum absolute atomic E-state index is 13.4. The van der Waals surface area contributed by atoms with Crippen molar-refractivity contribution in [1.82, 2.24) is 24.9 Å². The fourth-order valence-corrected chi connectivity index (χ4v) is 3.50. The molecule has 8 nitrogen and oxygen atoms in total. The topological polar surface area (TPSA) is 69.0 Å². The number of aromatic nitrogens is 2. The van der Waals surface area contributed by atoms with Gasteiger partial charge in [-0.05, 0) is 30.3 Å². The van der Waals surface area contributed by atoms with E-state index >= 15 is 0 Å². The first kappa shape index (κ1) is 22.9. The first-order chi connectivity index (χ1) is 15.5. The van der Waals surface area contributed by atoms with Crippen LogP contribution in [0, 0.1) is 5.82 Å². The van der Waals surface area contributed by atoms with Gasteiger partial charge in [-0.15, -0.1) is 0 Å². The number of carbonyl (C=O) groups is 1. The molecular weight excluding hydrogens is 456 g/mol. The van der Waals surface area contributed by atoms with Crippen molar-refractivity contribution in [2.45, 2.75) is 25.1 Å². The van der Waals surface area contributed by atoms with Crippen LogP contribution in [0.15, 0.2) is 41.5 Å². The lowest BCUT2D eigenvalue weighted by atomic mass is 10.2. The summed E-state index contributed by atoms with van der Waals surface area (Å²) in [5, 5.41) is 5.91. The zero-order chi connectivity index (χ0) is 23.8. The van der Waals surface area contributed by atoms with Gasteiger partial charge in [0.1, 0.15) is 18.2 Å². The van der Waals surface area contributed by atoms with Gasteiger partial charge in [-0.25, -0.2) is 14.2 Å². The molecule has 1 saturated heterocycles. The molecule has 2 aliphatic rings. The van der Waals surface area contributed by atoms with E-state index in [0.717, 1.165) is 21.5 Å². The molecule has 0 bridgehead atoms. The molecule has 2 aromatic rings. The van der Waals surface area contributed by atoms with E-state index in [4.69, 9.17) is 0 Å². The average molecular weight is 475 g/mol. The number of hydrogen-bond donors (Lipinski definition) is 1. The number of rotatable bonds is 5. The summed E-state index contributed by atoms with van der Waals surface area (Å²) in [5.74, 6) is -5.42. The summed E-state index contributed by atoms with van der Waals surface area (Å²) in [4.78, 5) is 21.7. The van der Waals surface area contributed by atoms with Gasteiger partial charge >= 0.3 is 18.1 Å². The Balaban J connectivity index is 1.34. The van der Waals surface area contributed by atoms with Crippen molar-refractivity contribution in [1.29, 1.82) is 0 Å². The zero-order valence-electron chi connectivity index (χ0n) is 17.0. The number of piperazine rings is 1. The second-order valence-electron chi connectivity index (χ2n) is 7.51. The lowest BCUT2D eigenvalue weighted by Gasteiger charge is -2.40. The number of alkyl halides is 5. The van der Waals surface area contributed by atoms with Gasteiger partial charge in [0.15, 0.2) is 6.29 Å². The maximum Gasteiger partial charge on any atom is 0.459 e. The van der Waals surface area contributed by atoms with Crippen LogP contribution in [0.1, 0.15) is 5.69 Å². The molecule has 2 aliphatic heterocycles. The highest BCUT2D eigenvalue weighted by Crippen LogP contribution is 2.42. The lowest BCUT2D eigenvalue weighted by molar-refractivity contribution is -0.291. The predicted octanol–water partition coefficient (Wildman–Crippen LogP) is 2.79. The highest BCUT2D eigenvalue weighted by atomic mass is 19.4. The van der Waals surface area contributed by atoms with Crippen molar-refractivity contribution in [2.24, 2.45) is 4.99 Å². The third-order valence-electron chi connectivity index (χ3n) is 5.33. The number of nitrogens with zero attached hydrogens (tertiary/aromatic N) is 6. The van der Waals surface area contributed by atoms with Gasteiger partial charge in [0.05, 0.1) is 6.34 Å². The molecule has 1 aromatic carbocycles. The first-order valence-corrected chi connectivity index (χ1v) is 9.88. The fraction of sp³-hybridized carbons (Fsp3) is 0.421. The molecule has 4 rings (SSSR count). The zero-order valence-corrected chi connectivity index (χ0v) is 17.0. The molecule has 1 fully saturated rings. The number of aliphatic imine (C=N–C) groups is 1. The van der Waals surface area contributed by atoms with E-state index in [9.17, 15) is 31.1 Å². The fourth-order valence-electron chi connectivity index (χ4n) is 3.50. The molecule has 0 spiro atoms. The summed E-state index contributed by atoms with van der Waals surface area (Å²) in [7, 11) is 0. The van der Waals surface area contributed by atoms with E-state index in [1.165, 1.54) is 18.5 Å². The third-order valence-corrected chi connectivity index (χ3v) is 5.33. The molecule has 0 aliphatic carbocycles. The second kappa shape index (κ2) is 8.57. The van der Waals surface area contributed by atoms with Gasteiger partial charge < -0.3 is 10.2 Å². The van der Waals surface area contributed by atoms with Crippen LogP contribution in [0.2, 0.25) is 0 Å². The van der Waals surface area contributed by atoms with Gasteiger partial charge in [0.2, 0.25) is 0 Å². The number of benzene rings is 1. The molecule has 178 valence electrons. The highest BCUT2D eigenvalue weighted by Gasteiger charge is 2.60. The summed E-state index contributed by atoms with van der Waals surface area (Å²) >= 11 is 0. The maximum atomic E-state index is 13.4.